The molecule has 4 N–H and O–H groups in total. The molecule has 2 unspecified atom stereocenters. The number of hydrogen-bond acceptors (Lipinski definition) is 5. The molecule has 9 heteroatoms. The zero-order valence-electron chi connectivity index (χ0n) is 8.27. The third kappa shape index (κ3) is 4.18. The SMILES string of the molecule is N=C(N)SCC(=O)NC1CS(=O)(=O)CC1Cl. The Balaban J connectivity index is 2.43. The van der Waals surface area contributed by atoms with E-state index in [1.54, 1.807) is 0 Å². The number of alkyl halides is 1. The summed E-state index contributed by atoms with van der Waals surface area (Å²) in [7, 11) is -3.14. The number of nitrogens with two attached hydrogens (primary N) is 1. The molecule has 0 aromatic rings. The Morgan fingerprint density at radius 1 is 1.56 bits per heavy atom. The number of nitrogens with one attached hydrogen (secondary N) is 2. The van der Waals surface area contributed by atoms with Crippen molar-refractivity contribution < 1.29 is 13.2 Å². The highest BCUT2D eigenvalue weighted by molar-refractivity contribution is 8.14. The van der Waals surface area contributed by atoms with E-state index in [1.165, 1.54) is 0 Å². The molecular formula is C7H12ClN3O3S2. The van der Waals surface area contributed by atoms with Gasteiger partial charge in [-0.1, -0.05) is 11.8 Å². The van der Waals surface area contributed by atoms with Crippen molar-refractivity contribution >= 4 is 44.3 Å². The fraction of sp³-hybridized carbons (Fsp3) is 0.714. The first-order valence-corrected chi connectivity index (χ1v) is 7.65. The first-order valence-electron chi connectivity index (χ1n) is 4.41. The normalized spacial score (nSPS) is 27.6. The molecule has 1 rings (SSSR count). The number of amides is 1. The van der Waals surface area contributed by atoms with E-state index in [-0.39, 0.29) is 28.3 Å². The van der Waals surface area contributed by atoms with Crippen LogP contribution in [-0.4, -0.2) is 48.2 Å². The fourth-order valence-electron chi connectivity index (χ4n) is 1.33. The summed E-state index contributed by atoms with van der Waals surface area (Å²) in [5, 5.41) is 8.69. The lowest BCUT2D eigenvalue weighted by atomic mass is 10.2. The molecule has 1 fully saturated rings. The van der Waals surface area contributed by atoms with Gasteiger partial charge < -0.3 is 11.1 Å². The van der Waals surface area contributed by atoms with Gasteiger partial charge in [0.2, 0.25) is 5.91 Å². The number of thioether (sulfide) groups is 1. The van der Waals surface area contributed by atoms with E-state index in [4.69, 9.17) is 22.7 Å². The van der Waals surface area contributed by atoms with Crippen molar-refractivity contribution in [2.24, 2.45) is 5.73 Å². The summed E-state index contributed by atoms with van der Waals surface area (Å²) in [6.45, 7) is 0. The molecule has 0 bridgehead atoms. The van der Waals surface area contributed by atoms with Gasteiger partial charge in [-0.15, -0.1) is 11.6 Å². The molecule has 0 aromatic carbocycles. The molecule has 1 aliphatic heterocycles. The predicted molar refractivity (Wildman–Crippen MR) is 64.6 cm³/mol. The largest absolute Gasteiger partial charge is 0.379 e. The van der Waals surface area contributed by atoms with Gasteiger partial charge in [0, 0.05) is 0 Å². The quantitative estimate of drug-likeness (QED) is 0.354. The van der Waals surface area contributed by atoms with Crippen LogP contribution >= 0.6 is 23.4 Å². The van der Waals surface area contributed by atoms with Gasteiger partial charge in [0.05, 0.1) is 28.7 Å². The predicted octanol–water partition coefficient (Wildman–Crippen LogP) is -0.866. The smallest absolute Gasteiger partial charge is 0.230 e. The highest BCUT2D eigenvalue weighted by Crippen LogP contribution is 2.18. The van der Waals surface area contributed by atoms with Crippen molar-refractivity contribution in [2.75, 3.05) is 17.3 Å². The van der Waals surface area contributed by atoms with Crippen molar-refractivity contribution in [1.29, 1.82) is 5.41 Å². The van der Waals surface area contributed by atoms with Crippen LogP contribution in [0.15, 0.2) is 0 Å². The van der Waals surface area contributed by atoms with E-state index in [2.05, 4.69) is 5.32 Å². The number of amidine groups is 1. The molecule has 0 saturated carbocycles. The maximum Gasteiger partial charge on any atom is 0.230 e. The second-order valence-electron chi connectivity index (χ2n) is 3.42. The Labute approximate surface area is 103 Å². The van der Waals surface area contributed by atoms with E-state index in [9.17, 15) is 13.2 Å². The lowest BCUT2D eigenvalue weighted by molar-refractivity contribution is -0.119. The van der Waals surface area contributed by atoms with Gasteiger partial charge in [0.15, 0.2) is 15.0 Å². The Kier molecular flexibility index (Phi) is 4.45. The zero-order chi connectivity index (χ0) is 12.3. The minimum absolute atomic E-state index is 0.00447. The molecule has 1 amide bonds. The summed E-state index contributed by atoms with van der Waals surface area (Å²) in [5.41, 5.74) is 5.06. The van der Waals surface area contributed by atoms with Crippen LogP contribution in [0.5, 0.6) is 0 Å². The molecule has 16 heavy (non-hydrogen) atoms. The second kappa shape index (κ2) is 5.24. The molecule has 0 spiro atoms. The van der Waals surface area contributed by atoms with Crippen LogP contribution in [-0.2, 0) is 14.6 Å². The van der Waals surface area contributed by atoms with Gasteiger partial charge in [-0.25, -0.2) is 8.42 Å². The maximum atomic E-state index is 11.3. The molecule has 2 atom stereocenters. The molecule has 92 valence electrons. The standard InChI is InChI=1S/C7H12ClN3O3S2/c8-4-2-16(13,14)3-5(4)11-6(12)1-15-7(9)10/h4-5H,1-3H2,(H3,9,10)(H,11,12). The van der Waals surface area contributed by atoms with Crippen LogP contribution in [0.3, 0.4) is 0 Å². The van der Waals surface area contributed by atoms with Crippen molar-refractivity contribution in [3.05, 3.63) is 0 Å². The van der Waals surface area contributed by atoms with Gasteiger partial charge in [0.1, 0.15) is 0 Å². The third-order valence-electron chi connectivity index (χ3n) is 1.99. The molecule has 6 nitrogen and oxygen atoms in total. The highest BCUT2D eigenvalue weighted by Gasteiger charge is 2.37. The van der Waals surface area contributed by atoms with Gasteiger partial charge in [-0.05, 0) is 0 Å². The molecule has 0 aliphatic carbocycles. The Morgan fingerprint density at radius 3 is 2.62 bits per heavy atom. The first kappa shape index (κ1) is 13.6. The lowest BCUT2D eigenvalue weighted by Gasteiger charge is -2.13. The molecule has 0 aromatic heterocycles. The number of halogens is 1. The van der Waals surface area contributed by atoms with Crippen LogP contribution < -0.4 is 11.1 Å². The Bertz CT molecular complexity index is 398. The minimum Gasteiger partial charge on any atom is -0.379 e. The first-order chi connectivity index (χ1) is 7.30. The van der Waals surface area contributed by atoms with E-state index >= 15 is 0 Å². The molecule has 1 saturated heterocycles. The van der Waals surface area contributed by atoms with Crippen LogP contribution in [0, 0.1) is 5.41 Å². The molecule has 1 heterocycles. The number of carbonyl (C=O) groups excluding carboxylic acids is 1. The summed E-state index contributed by atoms with van der Waals surface area (Å²) in [6, 6.07) is -0.549. The van der Waals surface area contributed by atoms with Gasteiger partial charge >= 0.3 is 0 Å². The monoisotopic (exact) mass is 285 g/mol. The Hall–Kier alpha value is -0.470. The lowest BCUT2D eigenvalue weighted by Crippen LogP contribution is -2.41. The average Bonchev–Trinajstić information content (AvgIpc) is 2.36. The number of rotatable bonds is 3. The summed E-state index contributed by atoms with van der Waals surface area (Å²) in [6.07, 6.45) is 0. The number of carbonyl (C=O) groups is 1. The fourth-order valence-corrected chi connectivity index (χ4v) is 4.25. The van der Waals surface area contributed by atoms with Crippen LogP contribution in [0.2, 0.25) is 0 Å². The van der Waals surface area contributed by atoms with E-state index in [0.29, 0.717) is 0 Å². The summed E-state index contributed by atoms with van der Waals surface area (Å²) in [4.78, 5) is 11.3. The molecule has 0 radical (unpaired) electrons. The van der Waals surface area contributed by atoms with Crippen molar-refractivity contribution in [2.45, 2.75) is 11.4 Å². The second-order valence-corrected chi connectivity index (χ2v) is 7.15. The van der Waals surface area contributed by atoms with E-state index in [0.717, 1.165) is 11.8 Å². The minimum atomic E-state index is -3.14. The van der Waals surface area contributed by atoms with Crippen molar-refractivity contribution in [3.63, 3.8) is 0 Å². The van der Waals surface area contributed by atoms with Crippen LogP contribution in [0.25, 0.3) is 0 Å². The zero-order valence-corrected chi connectivity index (χ0v) is 10.7. The highest BCUT2D eigenvalue weighted by atomic mass is 35.5. The topological polar surface area (TPSA) is 113 Å². The van der Waals surface area contributed by atoms with Crippen LogP contribution in [0.4, 0.5) is 0 Å². The van der Waals surface area contributed by atoms with E-state index in [1.807, 2.05) is 0 Å². The van der Waals surface area contributed by atoms with E-state index < -0.39 is 21.3 Å². The molecule has 1 aliphatic rings. The van der Waals surface area contributed by atoms with Crippen molar-refractivity contribution in [3.8, 4) is 0 Å². The average molecular weight is 286 g/mol. The number of sulfone groups is 1. The summed E-state index contributed by atoms with van der Waals surface area (Å²) < 4.78 is 22.4. The third-order valence-corrected chi connectivity index (χ3v) is 5.08. The van der Waals surface area contributed by atoms with Gasteiger partial charge in [-0.3, -0.25) is 10.2 Å². The van der Waals surface area contributed by atoms with Crippen LogP contribution in [0.1, 0.15) is 0 Å². The van der Waals surface area contributed by atoms with Crippen molar-refractivity contribution in [1.82, 2.24) is 5.32 Å². The Morgan fingerprint density at radius 2 is 2.19 bits per heavy atom. The summed E-state index contributed by atoms with van der Waals surface area (Å²) in [5.74, 6) is -0.611. The maximum absolute atomic E-state index is 11.3. The number of hydrogen-bond donors (Lipinski definition) is 3. The van der Waals surface area contributed by atoms with Gasteiger partial charge in [-0.2, -0.15) is 0 Å². The molecular weight excluding hydrogens is 274 g/mol. The summed E-state index contributed by atoms with van der Waals surface area (Å²) >= 11 is 6.68. The van der Waals surface area contributed by atoms with Gasteiger partial charge in [0.25, 0.3) is 0 Å².